The lowest BCUT2D eigenvalue weighted by atomic mass is 10.1. The Kier molecular flexibility index (Phi) is 3.87. The minimum atomic E-state index is -0.328. The number of carbonyl (C=O) groups excluding carboxylic acids is 1. The minimum Gasteiger partial charge on any atom is -0.356 e. The molecule has 0 spiro atoms. The number of amides is 1. The zero-order valence-corrected chi connectivity index (χ0v) is 12.1. The molecule has 3 aromatic rings. The van der Waals surface area contributed by atoms with Crippen molar-refractivity contribution in [3.63, 3.8) is 0 Å². The second-order valence-corrected chi connectivity index (χ2v) is 5.17. The van der Waals surface area contributed by atoms with Gasteiger partial charge in [0.05, 0.1) is 6.42 Å². The summed E-state index contributed by atoms with van der Waals surface area (Å²) in [4.78, 5) is 12.0. The van der Waals surface area contributed by atoms with Crippen LogP contribution in [0.5, 0.6) is 0 Å². The number of halogens is 1. The SMILES string of the molecule is Cc1ccc2onc(CC(=O)NCc3ccccc3F)c2c1. The van der Waals surface area contributed by atoms with E-state index in [-0.39, 0.29) is 24.7 Å². The van der Waals surface area contributed by atoms with E-state index in [1.807, 2.05) is 25.1 Å². The molecule has 0 unspecified atom stereocenters. The highest BCUT2D eigenvalue weighted by atomic mass is 19.1. The van der Waals surface area contributed by atoms with Crippen molar-refractivity contribution in [3.8, 4) is 0 Å². The van der Waals surface area contributed by atoms with Gasteiger partial charge in [-0.1, -0.05) is 35.0 Å². The number of hydrogen-bond donors (Lipinski definition) is 1. The van der Waals surface area contributed by atoms with Crippen LogP contribution in [-0.2, 0) is 17.8 Å². The van der Waals surface area contributed by atoms with Gasteiger partial charge in [0.1, 0.15) is 11.5 Å². The van der Waals surface area contributed by atoms with E-state index in [9.17, 15) is 9.18 Å². The van der Waals surface area contributed by atoms with Crippen molar-refractivity contribution in [1.29, 1.82) is 0 Å². The third kappa shape index (κ3) is 2.98. The maximum absolute atomic E-state index is 13.5. The Morgan fingerprint density at radius 3 is 2.91 bits per heavy atom. The summed E-state index contributed by atoms with van der Waals surface area (Å²) < 4.78 is 18.7. The van der Waals surface area contributed by atoms with Crippen molar-refractivity contribution in [2.24, 2.45) is 0 Å². The molecule has 0 aliphatic rings. The molecule has 0 aliphatic carbocycles. The number of rotatable bonds is 4. The van der Waals surface area contributed by atoms with Crippen LogP contribution in [0, 0.1) is 12.7 Å². The average molecular weight is 298 g/mol. The van der Waals surface area contributed by atoms with Gasteiger partial charge >= 0.3 is 0 Å². The summed E-state index contributed by atoms with van der Waals surface area (Å²) in [6.07, 6.45) is 0.102. The smallest absolute Gasteiger partial charge is 0.226 e. The first-order chi connectivity index (χ1) is 10.6. The van der Waals surface area contributed by atoms with E-state index in [2.05, 4.69) is 10.5 Å². The molecule has 0 saturated heterocycles. The highest BCUT2D eigenvalue weighted by molar-refractivity contribution is 5.86. The Labute approximate surface area is 126 Å². The molecular weight excluding hydrogens is 283 g/mol. The van der Waals surface area contributed by atoms with Gasteiger partial charge in [0, 0.05) is 17.5 Å². The van der Waals surface area contributed by atoms with Crippen molar-refractivity contribution in [2.75, 3.05) is 0 Å². The maximum atomic E-state index is 13.5. The van der Waals surface area contributed by atoms with Crippen molar-refractivity contribution in [1.82, 2.24) is 10.5 Å². The number of aryl methyl sites for hydroxylation is 1. The lowest BCUT2D eigenvalue weighted by Gasteiger charge is -2.05. The van der Waals surface area contributed by atoms with Crippen LogP contribution in [0.1, 0.15) is 16.8 Å². The molecule has 0 radical (unpaired) electrons. The van der Waals surface area contributed by atoms with Crippen LogP contribution in [-0.4, -0.2) is 11.1 Å². The molecule has 2 aromatic carbocycles. The predicted octanol–water partition coefficient (Wildman–Crippen LogP) is 3.13. The van der Waals surface area contributed by atoms with E-state index in [1.54, 1.807) is 18.2 Å². The molecule has 1 heterocycles. The van der Waals surface area contributed by atoms with Crippen LogP contribution >= 0.6 is 0 Å². The van der Waals surface area contributed by atoms with Gasteiger partial charge in [-0.25, -0.2) is 4.39 Å². The summed E-state index contributed by atoms with van der Waals surface area (Å²) in [5.74, 6) is -0.551. The Morgan fingerprint density at radius 1 is 1.27 bits per heavy atom. The van der Waals surface area contributed by atoms with Gasteiger partial charge in [-0.2, -0.15) is 0 Å². The number of benzene rings is 2. The van der Waals surface area contributed by atoms with Crippen LogP contribution in [0.2, 0.25) is 0 Å². The number of fused-ring (bicyclic) bond motifs is 1. The van der Waals surface area contributed by atoms with Crippen molar-refractivity contribution >= 4 is 16.9 Å². The molecule has 0 bridgehead atoms. The maximum Gasteiger partial charge on any atom is 0.226 e. The second-order valence-electron chi connectivity index (χ2n) is 5.17. The third-order valence-corrected chi connectivity index (χ3v) is 3.46. The molecule has 4 nitrogen and oxygen atoms in total. The molecule has 0 aliphatic heterocycles. The predicted molar refractivity (Wildman–Crippen MR) is 80.7 cm³/mol. The first kappa shape index (κ1) is 14.3. The van der Waals surface area contributed by atoms with Gasteiger partial charge < -0.3 is 9.84 Å². The summed E-state index contributed by atoms with van der Waals surface area (Å²) in [6.45, 7) is 2.12. The lowest BCUT2D eigenvalue weighted by Crippen LogP contribution is -2.25. The van der Waals surface area contributed by atoms with E-state index in [1.165, 1.54) is 6.07 Å². The normalized spacial score (nSPS) is 10.8. The molecule has 0 atom stereocenters. The zero-order chi connectivity index (χ0) is 15.5. The quantitative estimate of drug-likeness (QED) is 0.805. The average Bonchev–Trinajstić information content (AvgIpc) is 2.89. The molecule has 0 fully saturated rings. The first-order valence-electron chi connectivity index (χ1n) is 6.98. The highest BCUT2D eigenvalue weighted by Gasteiger charge is 2.13. The number of carbonyl (C=O) groups is 1. The van der Waals surface area contributed by atoms with Gasteiger partial charge in [-0.05, 0) is 25.1 Å². The van der Waals surface area contributed by atoms with Crippen molar-refractivity contribution in [2.45, 2.75) is 19.9 Å². The zero-order valence-electron chi connectivity index (χ0n) is 12.1. The summed E-state index contributed by atoms with van der Waals surface area (Å²) in [5, 5.41) is 7.47. The van der Waals surface area contributed by atoms with E-state index in [4.69, 9.17) is 4.52 Å². The molecular formula is C17H15FN2O2. The molecule has 22 heavy (non-hydrogen) atoms. The van der Waals surface area contributed by atoms with Crippen LogP contribution < -0.4 is 5.32 Å². The topological polar surface area (TPSA) is 55.1 Å². The molecule has 3 rings (SSSR count). The van der Waals surface area contributed by atoms with Crippen LogP contribution in [0.15, 0.2) is 47.0 Å². The molecule has 1 N–H and O–H groups in total. The monoisotopic (exact) mass is 298 g/mol. The lowest BCUT2D eigenvalue weighted by molar-refractivity contribution is -0.120. The number of nitrogens with one attached hydrogen (secondary N) is 1. The van der Waals surface area contributed by atoms with E-state index in [0.717, 1.165) is 10.9 Å². The van der Waals surface area contributed by atoms with Gasteiger partial charge in [-0.3, -0.25) is 4.79 Å². The molecule has 5 heteroatoms. The van der Waals surface area contributed by atoms with Gasteiger partial charge in [0.2, 0.25) is 5.91 Å². The minimum absolute atomic E-state index is 0.102. The van der Waals surface area contributed by atoms with E-state index >= 15 is 0 Å². The van der Waals surface area contributed by atoms with Crippen molar-refractivity contribution < 1.29 is 13.7 Å². The summed E-state index contributed by atoms with van der Waals surface area (Å²) in [6, 6.07) is 12.1. The summed E-state index contributed by atoms with van der Waals surface area (Å²) in [7, 11) is 0. The van der Waals surface area contributed by atoms with Gasteiger partial charge in [0.15, 0.2) is 5.58 Å². The van der Waals surface area contributed by atoms with Gasteiger partial charge in [0.25, 0.3) is 0 Å². The van der Waals surface area contributed by atoms with Gasteiger partial charge in [-0.15, -0.1) is 0 Å². The molecule has 1 amide bonds. The van der Waals surface area contributed by atoms with Crippen molar-refractivity contribution in [3.05, 3.63) is 65.1 Å². The molecule has 0 saturated carbocycles. The molecule has 112 valence electrons. The Bertz CT molecular complexity index is 826. The Morgan fingerprint density at radius 2 is 2.09 bits per heavy atom. The summed E-state index contributed by atoms with van der Waals surface area (Å²) >= 11 is 0. The Balaban J connectivity index is 1.68. The third-order valence-electron chi connectivity index (χ3n) is 3.46. The number of hydrogen-bond acceptors (Lipinski definition) is 3. The van der Waals surface area contributed by atoms with Crippen LogP contribution in [0.25, 0.3) is 11.0 Å². The first-order valence-corrected chi connectivity index (χ1v) is 6.98. The number of aromatic nitrogens is 1. The fourth-order valence-corrected chi connectivity index (χ4v) is 2.28. The van der Waals surface area contributed by atoms with E-state index in [0.29, 0.717) is 16.8 Å². The molecule has 1 aromatic heterocycles. The summed E-state index contributed by atoms with van der Waals surface area (Å²) in [5.41, 5.74) is 2.77. The van der Waals surface area contributed by atoms with E-state index < -0.39 is 0 Å². The van der Waals surface area contributed by atoms with Crippen LogP contribution in [0.4, 0.5) is 4.39 Å². The fourth-order valence-electron chi connectivity index (χ4n) is 2.28. The Hall–Kier alpha value is -2.69. The standard InChI is InChI=1S/C17H15FN2O2/c1-11-6-7-16-13(8-11)15(20-22-16)9-17(21)19-10-12-4-2-3-5-14(12)18/h2-8H,9-10H2,1H3,(H,19,21). The van der Waals surface area contributed by atoms with Crippen LogP contribution in [0.3, 0.4) is 0 Å². The number of nitrogens with zero attached hydrogens (tertiary/aromatic N) is 1. The highest BCUT2D eigenvalue weighted by Crippen LogP contribution is 2.20. The fraction of sp³-hybridized carbons (Fsp3) is 0.176. The largest absolute Gasteiger partial charge is 0.356 e. The second kappa shape index (κ2) is 5.97.